The molecule has 0 aromatic carbocycles. The van der Waals surface area contributed by atoms with Gasteiger partial charge in [0.1, 0.15) is 0 Å². The van der Waals surface area contributed by atoms with E-state index in [9.17, 15) is 9.90 Å². The molecule has 2 aliphatic heterocycles. The van der Waals surface area contributed by atoms with Gasteiger partial charge in [-0.3, -0.25) is 14.7 Å². The Labute approximate surface area is 137 Å². The Morgan fingerprint density at radius 1 is 1.30 bits per heavy atom. The highest BCUT2D eigenvalue weighted by Crippen LogP contribution is 2.19. The van der Waals surface area contributed by atoms with E-state index in [1.54, 1.807) is 12.4 Å². The van der Waals surface area contributed by atoms with E-state index in [-0.39, 0.29) is 11.9 Å². The van der Waals surface area contributed by atoms with Crippen molar-refractivity contribution in [1.82, 2.24) is 19.7 Å². The lowest BCUT2D eigenvalue weighted by atomic mass is 10.1. The molecule has 0 aliphatic carbocycles. The molecule has 23 heavy (non-hydrogen) atoms. The van der Waals surface area contributed by atoms with Crippen LogP contribution in [0.5, 0.6) is 0 Å². The predicted octanol–water partition coefficient (Wildman–Crippen LogP) is -0.167. The molecule has 0 spiro atoms. The zero-order valence-electron chi connectivity index (χ0n) is 13.8. The normalized spacial score (nSPS) is 26.6. The number of β-amino-alcohol motifs (C(OH)–C–C–N with tert-alkyl or cyclic N) is 1. The molecule has 0 unspecified atom stereocenters. The van der Waals surface area contributed by atoms with E-state index in [4.69, 9.17) is 0 Å². The number of likely N-dealkylation sites (tertiary alicyclic amines) is 1. The number of likely N-dealkylation sites (N-methyl/N-ethyl adjacent to an activating group) is 1. The molecule has 0 radical (unpaired) electrons. The molecular formula is C17H26N4O2. The molecule has 3 heterocycles. The summed E-state index contributed by atoms with van der Waals surface area (Å²) in [7, 11) is 2.12. The number of rotatable bonds is 4. The summed E-state index contributed by atoms with van der Waals surface area (Å²) in [5.41, 5.74) is 1.08. The third-order valence-corrected chi connectivity index (χ3v) is 4.97. The van der Waals surface area contributed by atoms with Crippen molar-refractivity contribution in [2.75, 3.05) is 46.3 Å². The first-order chi connectivity index (χ1) is 11.1. The minimum Gasteiger partial charge on any atom is -0.390 e. The number of aromatic nitrogens is 1. The third kappa shape index (κ3) is 4.07. The maximum Gasteiger partial charge on any atom is 0.223 e. The van der Waals surface area contributed by atoms with Gasteiger partial charge in [0.15, 0.2) is 0 Å². The van der Waals surface area contributed by atoms with Gasteiger partial charge >= 0.3 is 0 Å². The molecule has 1 N–H and O–H groups in total. The lowest BCUT2D eigenvalue weighted by Gasteiger charge is -2.37. The number of aliphatic hydroxyl groups excluding tert-OH is 1. The topological polar surface area (TPSA) is 59.9 Å². The quantitative estimate of drug-likeness (QED) is 0.835. The number of pyridine rings is 1. The largest absolute Gasteiger partial charge is 0.390 e. The Morgan fingerprint density at radius 2 is 2.09 bits per heavy atom. The van der Waals surface area contributed by atoms with Crippen molar-refractivity contribution >= 4 is 5.91 Å². The molecule has 1 aromatic rings. The summed E-state index contributed by atoms with van der Waals surface area (Å²) in [5.74, 6) is 0.129. The highest BCUT2D eigenvalue weighted by molar-refractivity contribution is 5.77. The summed E-state index contributed by atoms with van der Waals surface area (Å²) < 4.78 is 0. The molecule has 2 aliphatic rings. The van der Waals surface area contributed by atoms with Gasteiger partial charge in [0.05, 0.1) is 12.1 Å². The average Bonchev–Trinajstić information content (AvgIpc) is 2.96. The molecule has 126 valence electrons. The minimum absolute atomic E-state index is 0.0889. The van der Waals surface area contributed by atoms with Crippen LogP contribution in [-0.4, -0.2) is 89.2 Å². The monoisotopic (exact) mass is 318 g/mol. The SMILES string of the molecule is CN1CCN([C@@H]2CN(C(=O)CCc3cccnc3)C[C@H]2O)CC1. The van der Waals surface area contributed by atoms with E-state index in [0.717, 1.165) is 31.7 Å². The van der Waals surface area contributed by atoms with Crippen LogP contribution in [0.15, 0.2) is 24.5 Å². The smallest absolute Gasteiger partial charge is 0.223 e. The number of amides is 1. The van der Waals surface area contributed by atoms with E-state index in [2.05, 4.69) is 21.8 Å². The highest BCUT2D eigenvalue weighted by atomic mass is 16.3. The summed E-state index contributed by atoms with van der Waals surface area (Å²) in [6, 6.07) is 3.97. The summed E-state index contributed by atoms with van der Waals surface area (Å²) in [4.78, 5) is 22.9. The van der Waals surface area contributed by atoms with E-state index in [1.165, 1.54) is 0 Å². The molecule has 3 rings (SSSR count). The van der Waals surface area contributed by atoms with Crippen molar-refractivity contribution < 1.29 is 9.90 Å². The predicted molar refractivity (Wildman–Crippen MR) is 88.0 cm³/mol. The first-order valence-corrected chi connectivity index (χ1v) is 8.41. The van der Waals surface area contributed by atoms with Crippen molar-refractivity contribution in [2.24, 2.45) is 0 Å². The lowest BCUT2D eigenvalue weighted by Crippen LogP contribution is -2.52. The average molecular weight is 318 g/mol. The van der Waals surface area contributed by atoms with Crippen LogP contribution >= 0.6 is 0 Å². The molecule has 6 nitrogen and oxygen atoms in total. The van der Waals surface area contributed by atoms with Crippen LogP contribution < -0.4 is 0 Å². The number of carbonyl (C=O) groups is 1. The molecule has 1 amide bonds. The molecule has 6 heteroatoms. The number of nitrogens with zero attached hydrogens (tertiary/aromatic N) is 4. The third-order valence-electron chi connectivity index (χ3n) is 4.97. The molecule has 0 bridgehead atoms. The van der Waals surface area contributed by atoms with Gasteiger partial charge in [-0.1, -0.05) is 6.07 Å². The van der Waals surface area contributed by atoms with Gasteiger partial charge in [0, 0.05) is 58.1 Å². The summed E-state index contributed by atoms with van der Waals surface area (Å²) in [5, 5.41) is 10.4. The fraction of sp³-hybridized carbons (Fsp3) is 0.647. The second kappa shape index (κ2) is 7.38. The molecular weight excluding hydrogens is 292 g/mol. The summed E-state index contributed by atoms with van der Waals surface area (Å²) in [6.07, 6.45) is 4.30. The fourth-order valence-corrected chi connectivity index (χ4v) is 3.44. The molecule has 2 atom stereocenters. The van der Waals surface area contributed by atoms with Gasteiger partial charge in [0.2, 0.25) is 5.91 Å². The van der Waals surface area contributed by atoms with Crippen LogP contribution in [-0.2, 0) is 11.2 Å². The van der Waals surface area contributed by atoms with Crippen LogP contribution in [0.4, 0.5) is 0 Å². The van der Waals surface area contributed by atoms with Crippen LogP contribution in [0.1, 0.15) is 12.0 Å². The Bertz CT molecular complexity index is 517. The van der Waals surface area contributed by atoms with Gasteiger partial charge in [-0.2, -0.15) is 0 Å². The second-order valence-corrected chi connectivity index (χ2v) is 6.63. The summed E-state index contributed by atoms with van der Waals surface area (Å²) >= 11 is 0. The fourth-order valence-electron chi connectivity index (χ4n) is 3.44. The van der Waals surface area contributed by atoms with Gasteiger partial charge < -0.3 is 14.9 Å². The Hall–Kier alpha value is -1.50. The number of aliphatic hydroxyl groups is 1. The Balaban J connectivity index is 1.50. The number of carbonyl (C=O) groups excluding carboxylic acids is 1. The molecule has 2 saturated heterocycles. The first-order valence-electron chi connectivity index (χ1n) is 8.41. The highest BCUT2D eigenvalue weighted by Gasteiger charge is 2.38. The number of hydrogen-bond donors (Lipinski definition) is 1. The maximum atomic E-state index is 12.4. The molecule has 0 saturated carbocycles. The lowest BCUT2D eigenvalue weighted by molar-refractivity contribution is -0.130. The van der Waals surface area contributed by atoms with Crippen molar-refractivity contribution in [2.45, 2.75) is 25.0 Å². The van der Waals surface area contributed by atoms with Crippen molar-refractivity contribution in [3.63, 3.8) is 0 Å². The van der Waals surface area contributed by atoms with E-state index in [0.29, 0.717) is 25.9 Å². The van der Waals surface area contributed by atoms with Gasteiger partial charge in [-0.15, -0.1) is 0 Å². The van der Waals surface area contributed by atoms with Crippen LogP contribution in [0, 0.1) is 0 Å². The van der Waals surface area contributed by atoms with E-state index < -0.39 is 6.10 Å². The molecule has 2 fully saturated rings. The van der Waals surface area contributed by atoms with Crippen LogP contribution in [0.2, 0.25) is 0 Å². The van der Waals surface area contributed by atoms with E-state index in [1.807, 2.05) is 17.0 Å². The second-order valence-electron chi connectivity index (χ2n) is 6.63. The van der Waals surface area contributed by atoms with E-state index >= 15 is 0 Å². The van der Waals surface area contributed by atoms with Crippen LogP contribution in [0.25, 0.3) is 0 Å². The van der Waals surface area contributed by atoms with Crippen molar-refractivity contribution in [1.29, 1.82) is 0 Å². The molecule has 1 aromatic heterocycles. The number of aryl methyl sites for hydroxylation is 1. The minimum atomic E-state index is -0.430. The standard InChI is InChI=1S/C17H26N4O2/c1-19-7-9-20(10-8-19)15-12-21(13-16(15)22)17(23)5-4-14-3-2-6-18-11-14/h2-3,6,11,15-16,22H,4-5,7-10,12-13H2,1H3/t15-,16-/m1/s1. The zero-order chi connectivity index (χ0) is 16.2. The summed E-state index contributed by atoms with van der Waals surface area (Å²) in [6.45, 7) is 5.10. The number of piperazine rings is 1. The maximum absolute atomic E-state index is 12.4. The van der Waals surface area contributed by atoms with Gasteiger partial charge in [-0.05, 0) is 25.1 Å². The number of hydrogen-bond acceptors (Lipinski definition) is 5. The van der Waals surface area contributed by atoms with Crippen molar-refractivity contribution in [3.05, 3.63) is 30.1 Å². The zero-order valence-corrected chi connectivity index (χ0v) is 13.8. The first kappa shape index (κ1) is 16.4. The van der Waals surface area contributed by atoms with Gasteiger partial charge in [0.25, 0.3) is 0 Å². The van der Waals surface area contributed by atoms with Crippen LogP contribution in [0.3, 0.4) is 0 Å². The van der Waals surface area contributed by atoms with Crippen molar-refractivity contribution in [3.8, 4) is 0 Å². The Kier molecular flexibility index (Phi) is 5.25. The van der Waals surface area contributed by atoms with Gasteiger partial charge in [-0.25, -0.2) is 0 Å². The Morgan fingerprint density at radius 3 is 2.78 bits per heavy atom.